The standard InChI is InChI=1S/C28H34N4O4/c1-19(2)36-26-13-12-20(9-7-8-14-32(4)28(35)29-3)15-24(26)27(34)31-22(18-33)16-21-17-30-25-11-6-5-10-23(21)25/h5-6,10-13,15,17,19,22,30,33H,8,14,16,18H2,1-4H3,(H,29,35)(H,31,34). The van der Waals surface area contributed by atoms with Crippen LogP contribution in [0.1, 0.15) is 41.8 Å². The van der Waals surface area contributed by atoms with Crippen LogP contribution in [0.4, 0.5) is 4.79 Å². The molecule has 1 aromatic heterocycles. The van der Waals surface area contributed by atoms with Crippen molar-refractivity contribution in [1.29, 1.82) is 0 Å². The number of urea groups is 1. The van der Waals surface area contributed by atoms with Gasteiger partial charge in [-0.3, -0.25) is 4.79 Å². The molecule has 190 valence electrons. The number of para-hydroxylation sites is 1. The summed E-state index contributed by atoms with van der Waals surface area (Å²) in [7, 11) is 3.29. The second-order valence-electron chi connectivity index (χ2n) is 8.82. The minimum Gasteiger partial charge on any atom is -0.490 e. The molecule has 0 saturated carbocycles. The van der Waals surface area contributed by atoms with E-state index < -0.39 is 6.04 Å². The number of benzene rings is 2. The van der Waals surface area contributed by atoms with E-state index in [9.17, 15) is 14.7 Å². The van der Waals surface area contributed by atoms with E-state index in [4.69, 9.17) is 4.74 Å². The smallest absolute Gasteiger partial charge is 0.316 e. The summed E-state index contributed by atoms with van der Waals surface area (Å²) in [4.78, 5) is 29.6. The molecule has 0 aliphatic heterocycles. The molecular formula is C28H34N4O4. The Morgan fingerprint density at radius 2 is 1.97 bits per heavy atom. The lowest BCUT2D eigenvalue weighted by Gasteiger charge is -2.19. The molecule has 2 aromatic carbocycles. The number of nitrogens with zero attached hydrogens (tertiary/aromatic N) is 1. The molecule has 8 heteroatoms. The van der Waals surface area contributed by atoms with Crippen molar-refractivity contribution in [3.8, 4) is 17.6 Å². The fourth-order valence-electron chi connectivity index (χ4n) is 3.81. The van der Waals surface area contributed by atoms with Gasteiger partial charge >= 0.3 is 6.03 Å². The van der Waals surface area contributed by atoms with Gasteiger partial charge in [0.15, 0.2) is 0 Å². The molecule has 3 amide bonds. The van der Waals surface area contributed by atoms with Gasteiger partial charge in [-0.1, -0.05) is 30.0 Å². The monoisotopic (exact) mass is 490 g/mol. The molecule has 0 fully saturated rings. The van der Waals surface area contributed by atoms with Gasteiger partial charge in [0.2, 0.25) is 0 Å². The van der Waals surface area contributed by atoms with Crippen LogP contribution in [0.25, 0.3) is 10.9 Å². The number of rotatable bonds is 9. The highest BCUT2D eigenvalue weighted by Crippen LogP contribution is 2.23. The Balaban J connectivity index is 1.75. The van der Waals surface area contributed by atoms with Crippen LogP contribution in [0.15, 0.2) is 48.7 Å². The molecule has 1 unspecified atom stereocenters. The number of aliphatic hydroxyl groups excluding tert-OH is 1. The van der Waals surface area contributed by atoms with Crippen molar-refractivity contribution >= 4 is 22.8 Å². The van der Waals surface area contributed by atoms with E-state index in [1.807, 2.05) is 44.3 Å². The molecule has 0 bridgehead atoms. The number of carbonyl (C=O) groups is 2. The van der Waals surface area contributed by atoms with E-state index in [1.54, 1.807) is 37.2 Å². The topological polar surface area (TPSA) is 107 Å². The zero-order valence-corrected chi connectivity index (χ0v) is 21.2. The number of aromatic nitrogens is 1. The Kier molecular flexibility index (Phi) is 9.37. The molecule has 3 rings (SSSR count). The van der Waals surface area contributed by atoms with Crippen molar-refractivity contribution in [3.63, 3.8) is 0 Å². The Morgan fingerprint density at radius 1 is 1.19 bits per heavy atom. The van der Waals surface area contributed by atoms with Gasteiger partial charge in [-0.25, -0.2) is 4.79 Å². The van der Waals surface area contributed by atoms with Crippen molar-refractivity contribution in [2.45, 2.75) is 38.8 Å². The average Bonchev–Trinajstić information content (AvgIpc) is 3.28. The number of fused-ring (bicyclic) bond motifs is 1. The molecule has 1 heterocycles. The first-order valence-electron chi connectivity index (χ1n) is 12.0. The molecule has 4 N–H and O–H groups in total. The summed E-state index contributed by atoms with van der Waals surface area (Å²) < 4.78 is 5.87. The summed E-state index contributed by atoms with van der Waals surface area (Å²) in [6.07, 6.45) is 2.76. The average molecular weight is 491 g/mol. The minimum atomic E-state index is -0.474. The van der Waals surface area contributed by atoms with Gasteiger partial charge in [0, 0.05) is 49.7 Å². The molecule has 0 aliphatic carbocycles. The third-order valence-electron chi connectivity index (χ3n) is 5.65. The van der Waals surface area contributed by atoms with E-state index in [2.05, 4.69) is 27.5 Å². The molecule has 0 aliphatic rings. The number of aromatic amines is 1. The van der Waals surface area contributed by atoms with E-state index in [0.29, 0.717) is 36.3 Å². The van der Waals surface area contributed by atoms with Gasteiger partial charge in [-0.2, -0.15) is 0 Å². The maximum absolute atomic E-state index is 13.3. The number of nitrogens with one attached hydrogen (secondary N) is 3. The Hall–Kier alpha value is -3.96. The first kappa shape index (κ1) is 26.6. The molecular weight excluding hydrogens is 456 g/mol. The fraction of sp³-hybridized carbons (Fsp3) is 0.357. The zero-order valence-electron chi connectivity index (χ0n) is 21.2. The Bertz CT molecular complexity index is 1260. The number of H-pyrrole nitrogens is 1. The van der Waals surface area contributed by atoms with Crippen LogP contribution in [-0.4, -0.2) is 66.3 Å². The number of aliphatic hydroxyl groups is 1. The Labute approximate surface area is 212 Å². The normalized spacial score (nSPS) is 11.5. The molecule has 1 atom stereocenters. The summed E-state index contributed by atoms with van der Waals surface area (Å²) in [6, 6.07) is 12.5. The molecule has 0 radical (unpaired) electrons. The van der Waals surface area contributed by atoms with Crippen molar-refractivity contribution in [2.24, 2.45) is 0 Å². The summed E-state index contributed by atoms with van der Waals surface area (Å²) >= 11 is 0. The van der Waals surface area contributed by atoms with Gasteiger partial charge in [-0.15, -0.1) is 0 Å². The number of hydrogen-bond acceptors (Lipinski definition) is 4. The lowest BCUT2D eigenvalue weighted by atomic mass is 10.0. The maximum atomic E-state index is 13.3. The maximum Gasteiger partial charge on any atom is 0.316 e. The summed E-state index contributed by atoms with van der Waals surface area (Å²) in [5, 5.41) is 16.6. The van der Waals surface area contributed by atoms with Crippen molar-refractivity contribution in [2.75, 3.05) is 27.2 Å². The molecule has 36 heavy (non-hydrogen) atoms. The number of carbonyl (C=O) groups excluding carboxylic acids is 2. The lowest BCUT2D eigenvalue weighted by molar-refractivity contribution is 0.0910. The fourth-order valence-corrected chi connectivity index (χ4v) is 3.81. The van der Waals surface area contributed by atoms with E-state index in [-0.39, 0.29) is 24.6 Å². The second kappa shape index (κ2) is 12.7. The molecule has 8 nitrogen and oxygen atoms in total. The highest BCUT2D eigenvalue weighted by molar-refractivity contribution is 5.97. The summed E-state index contributed by atoms with van der Waals surface area (Å²) in [6.45, 7) is 4.07. The van der Waals surface area contributed by atoms with Crippen LogP contribution in [0.5, 0.6) is 5.75 Å². The van der Waals surface area contributed by atoms with Gasteiger partial charge < -0.3 is 30.4 Å². The highest BCUT2D eigenvalue weighted by Gasteiger charge is 2.19. The van der Waals surface area contributed by atoms with E-state index in [1.165, 1.54) is 0 Å². The lowest BCUT2D eigenvalue weighted by Crippen LogP contribution is -2.39. The predicted octanol–water partition coefficient (Wildman–Crippen LogP) is 3.30. The van der Waals surface area contributed by atoms with Crippen molar-refractivity contribution < 1.29 is 19.4 Å². The van der Waals surface area contributed by atoms with Crippen molar-refractivity contribution in [3.05, 3.63) is 65.4 Å². The number of ether oxygens (including phenoxy) is 1. The summed E-state index contributed by atoms with van der Waals surface area (Å²) in [5.74, 6) is 6.22. The van der Waals surface area contributed by atoms with Crippen LogP contribution in [-0.2, 0) is 6.42 Å². The van der Waals surface area contributed by atoms with E-state index >= 15 is 0 Å². The van der Waals surface area contributed by atoms with Crippen LogP contribution >= 0.6 is 0 Å². The number of amides is 3. The van der Waals surface area contributed by atoms with Gasteiger partial charge in [0.1, 0.15) is 5.75 Å². The van der Waals surface area contributed by atoms with Crippen LogP contribution in [0, 0.1) is 11.8 Å². The van der Waals surface area contributed by atoms with Crippen LogP contribution in [0.3, 0.4) is 0 Å². The largest absolute Gasteiger partial charge is 0.490 e. The third-order valence-corrected chi connectivity index (χ3v) is 5.65. The Morgan fingerprint density at radius 3 is 2.69 bits per heavy atom. The SMILES string of the molecule is CNC(=O)N(C)CCC#Cc1ccc(OC(C)C)c(C(=O)NC(CO)Cc2c[nH]c3ccccc23)c1. The van der Waals surface area contributed by atoms with Crippen LogP contribution in [0.2, 0.25) is 0 Å². The van der Waals surface area contributed by atoms with Gasteiger partial charge in [0.05, 0.1) is 24.3 Å². The highest BCUT2D eigenvalue weighted by atomic mass is 16.5. The quantitative estimate of drug-likeness (QED) is 0.345. The molecule has 0 spiro atoms. The summed E-state index contributed by atoms with van der Waals surface area (Å²) in [5.41, 5.74) is 3.05. The third kappa shape index (κ3) is 7.03. The zero-order chi connectivity index (χ0) is 26.1. The van der Waals surface area contributed by atoms with Crippen molar-refractivity contribution in [1.82, 2.24) is 20.5 Å². The predicted molar refractivity (Wildman–Crippen MR) is 141 cm³/mol. The first-order chi connectivity index (χ1) is 17.3. The second-order valence-corrected chi connectivity index (χ2v) is 8.82. The molecule has 0 saturated heterocycles. The van der Waals surface area contributed by atoms with Gasteiger partial charge in [-0.05, 0) is 50.1 Å². The van der Waals surface area contributed by atoms with Gasteiger partial charge in [0.25, 0.3) is 5.91 Å². The van der Waals surface area contributed by atoms with Crippen LogP contribution < -0.4 is 15.4 Å². The number of hydrogen-bond donors (Lipinski definition) is 4. The van der Waals surface area contributed by atoms with E-state index in [0.717, 1.165) is 16.5 Å². The molecule has 3 aromatic rings. The first-order valence-corrected chi connectivity index (χ1v) is 12.0. The minimum absolute atomic E-state index is 0.117.